The Morgan fingerprint density at radius 2 is 1.69 bits per heavy atom. The molecule has 0 radical (unpaired) electrons. The van der Waals surface area contributed by atoms with Crippen molar-refractivity contribution in [3.8, 4) is 0 Å². The Hall–Kier alpha value is 0.270. The van der Waals surface area contributed by atoms with E-state index >= 15 is 0 Å². The van der Waals surface area contributed by atoms with Crippen LogP contribution in [0, 0.1) is 0 Å². The fourth-order valence-electron chi connectivity index (χ4n) is 2.28. The van der Waals surface area contributed by atoms with E-state index in [9.17, 15) is 0 Å². The third-order valence-electron chi connectivity index (χ3n) is 3.13. The minimum Gasteiger partial charge on any atom is -0.317 e. The van der Waals surface area contributed by atoms with Crippen LogP contribution in [0.15, 0.2) is 0 Å². The van der Waals surface area contributed by atoms with Gasteiger partial charge in [-0.1, -0.05) is 13.8 Å². The monoisotopic (exact) mass is 244 g/mol. The second-order valence-corrected chi connectivity index (χ2v) is 6.07. The topological polar surface area (TPSA) is 15.3 Å². The SMILES string of the molecule is CCCN(CCC)CCSC1CCNCC1. The van der Waals surface area contributed by atoms with Gasteiger partial charge in [0.05, 0.1) is 0 Å². The molecule has 1 aliphatic rings. The van der Waals surface area contributed by atoms with Crippen molar-refractivity contribution < 1.29 is 0 Å². The zero-order valence-corrected chi connectivity index (χ0v) is 11.8. The smallest absolute Gasteiger partial charge is 0.00724 e. The van der Waals surface area contributed by atoms with Crippen LogP contribution >= 0.6 is 11.8 Å². The first-order valence-electron chi connectivity index (χ1n) is 6.91. The molecule has 0 saturated carbocycles. The Morgan fingerprint density at radius 1 is 1.06 bits per heavy atom. The highest BCUT2D eigenvalue weighted by Crippen LogP contribution is 2.19. The van der Waals surface area contributed by atoms with E-state index in [4.69, 9.17) is 0 Å². The predicted octanol–water partition coefficient (Wildman–Crippen LogP) is 2.59. The number of nitrogens with zero attached hydrogens (tertiary/aromatic N) is 1. The van der Waals surface area contributed by atoms with Gasteiger partial charge in [-0.05, 0) is 51.9 Å². The van der Waals surface area contributed by atoms with Gasteiger partial charge in [-0.25, -0.2) is 0 Å². The van der Waals surface area contributed by atoms with Crippen molar-refractivity contribution in [1.82, 2.24) is 10.2 Å². The van der Waals surface area contributed by atoms with E-state index in [0.717, 1.165) is 5.25 Å². The lowest BCUT2D eigenvalue weighted by Gasteiger charge is -2.25. The molecule has 0 unspecified atom stereocenters. The highest BCUT2D eigenvalue weighted by molar-refractivity contribution is 7.99. The Labute approximate surface area is 106 Å². The molecule has 0 amide bonds. The molecular formula is C13H28N2S. The lowest BCUT2D eigenvalue weighted by Crippen LogP contribution is -2.31. The van der Waals surface area contributed by atoms with Crippen LogP contribution in [0.1, 0.15) is 39.5 Å². The van der Waals surface area contributed by atoms with Crippen LogP contribution in [-0.2, 0) is 0 Å². The van der Waals surface area contributed by atoms with Gasteiger partial charge in [0.1, 0.15) is 0 Å². The van der Waals surface area contributed by atoms with Crippen LogP contribution in [0.3, 0.4) is 0 Å². The van der Waals surface area contributed by atoms with Gasteiger partial charge in [-0.2, -0.15) is 11.8 Å². The second-order valence-electron chi connectivity index (χ2n) is 4.66. The Morgan fingerprint density at radius 3 is 2.25 bits per heavy atom. The van der Waals surface area contributed by atoms with Crippen molar-refractivity contribution in [2.75, 3.05) is 38.5 Å². The van der Waals surface area contributed by atoms with Crippen molar-refractivity contribution in [1.29, 1.82) is 0 Å². The minimum absolute atomic E-state index is 0.923. The minimum atomic E-state index is 0.923. The maximum atomic E-state index is 3.43. The summed E-state index contributed by atoms with van der Waals surface area (Å²) in [7, 11) is 0. The molecule has 16 heavy (non-hydrogen) atoms. The van der Waals surface area contributed by atoms with Gasteiger partial charge < -0.3 is 10.2 Å². The van der Waals surface area contributed by atoms with Crippen molar-refractivity contribution in [2.24, 2.45) is 0 Å². The molecule has 1 fully saturated rings. The first-order valence-corrected chi connectivity index (χ1v) is 7.96. The zero-order chi connectivity index (χ0) is 11.6. The summed E-state index contributed by atoms with van der Waals surface area (Å²) in [5.41, 5.74) is 0. The van der Waals surface area contributed by atoms with Gasteiger partial charge in [-0.15, -0.1) is 0 Å². The summed E-state index contributed by atoms with van der Waals surface area (Å²) in [6.07, 6.45) is 5.31. The highest BCUT2D eigenvalue weighted by Gasteiger charge is 2.13. The Kier molecular flexibility index (Phi) is 8.34. The van der Waals surface area contributed by atoms with Crippen LogP contribution in [0.5, 0.6) is 0 Å². The third-order valence-corrected chi connectivity index (χ3v) is 4.49. The van der Waals surface area contributed by atoms with Crippen LogP contribution in [0.25, 0.3) is 0 Å². The van der Waals surface area contributed by atoms with Crippen molar-refractivity contribution in [3.05, 3.63) is 0 Å². The zero-order valence-electron chi connectivity index (χ0n) is 11.0. The first kappa shape index (κ1) is 14.3. The molecule has 1 saturated heterocycles. The number of thioether (sulfide) groups is 1. The number of nitrogens with one attached hydrogen (secondary N) is 1. The summed E-state index contributed by atoms with van der Waals surface area (Å²) in [6.45, 7) is 10.9. The molecule has 2 nitrogen and oxygen atoms in total. The summed E-state index contributed by atoms with van der Waals surface area (Å²) in [5, 5.41) is 4.35. The molecule has 1 heterocycles. The maximum Gasteiger partial charge on any atom is 0.00724 e. The summed E-state index contributed by atoms with van der Waals surface area (Å²) in [4.78, 5) is 2.62. The molecule has 3 heteroatoms. The lowest BCUT2D eigenvalue weighted by molar-refractivity contribution is 0.291. The van der Waals surface area contributed by atoms with E-state index in [2.05, 4.69) is 35.8 Å². The molecule has 1 aliphatic heterocycles. The average molecular weight is 244 g/mol. The number of rotatable bonds is 8. The summed E-state index contributed by atoms with van der Waals surface area (Å²) < 4.78 is 0. The van der Waals surface area contributed by atoms with Crippen molar-refractivity contribution in [2.45, 2.75) is 44.8 Å². The molecule has 0 spiro atoms. The van der Waals surface area contributed by atoms with E-state index in [1.165, 1.54) is 64.2 Å². The largest absolute Gasteiger partial charge is 0.317 e. The van der Waals surface area contributed by atoms with Gasteiger partial charge >= 0.3 is 0 Å². The van der Waals surface area contributed by atoms with Crippen LogP contribution in [0.2, 0.25) is 0 Å². The molecule has 0 atom stereocenters. The normalized spacial score (nSPS) is 18.2. The molecule has 0 aromatic carbocycles. The number of hydrogen-bond donors (Lipinski definition) is 1. The molecule has 1 rings (SSSR count). The van der Waals surface area contributed by atoms with Gasteiger partial charge in [0, 0.05) is 17.5 Å². The van der Waals surface area contributed by atoms with E-state index < -0.39 is 0 Å². The molecular weight excluding hydrogens is 216 g/mol. The first-order chi connectivity index (χ1) is 7.86. The number of hydrogen-bond acceptors (Lipinski definition) is 3. The molecule has 0 aliphatic carbocycles. The number of piperidine rings is 1. The van der Waals surface area contributed by atoms with E-state index in [0.29, 0.717) is 0 Å². The standard InChI is InChI=1S/C13H28N2S/c1-3-9-15(10-4-2)11-12-16-13-5-7-14-8-6-13/h13-14H,3-12H2,1-2H3. The van der Waals surface area contributed by atoms with E-state index in [1.54, 1.807) is 0 Å². The van der Waals surface area contributed by atoms with Crippen molar-refractivity contribution in [3.63, 3.8) is 0 Å². The molecule has 0 aromatic heterocycles. The Balaban J connectivity index is 2.06. The quantitative estimate of drug-likeness (QED) is 0.706. The molecule has 1 N–H and O–H groups in total. The fourth-order valence-corrected chi connectivity index (χ4v) is 3.54. The average Bonchev–Trinajstić information content (AvgIpc) is 2.31. The van der Waals surface area contributed by atoms with Crippen LogP contribution in [0.4, 0.5) is 0 Å². The third kappa shape index (κ3) is 6.12. The second kappa shape index (κ2) is 9.32. The summed E-state index contributed by atoms with van der Waals surface area (Å²) in [5.74, 6) is 1.32. The van der Waals surface area contributed by atoms with Crippen LogP contribution in [-0.4, -0.2) is 48.6 Å². The maximum absolute atomic E-state index is 3.43. The Bertz CT molecular complexity index is 152. The predicted molar refractivity (Wildman–Crippen MR) is 75.4 cm³/mol. The van der Waals surface area contributed by atoms with Gasteiger partial charge in [0.25, 0.3) is 0 Å². The molecule has 96 valence electrons. The fraction of sp³-hybridized carbons (Fsp3) is 1.00. The van der Waals surface area contributed by atoms with E-state index in [1.807, 2.05) is 0 Å². The molecule has 0 aromatic rings. The summed E-state index contributed by atoms with van der Waals surface area (Å²) in [6, 6.07) is 0. The van der Waals surface area contributed by atoms with Gasteiger partial charge in [0.2, 0.25) is 0 Å². The lowest BCUT2D eigenvalue weighted by atomic mass is 10.2. The molecule has 0 bridgehead atoms. The van der Waals surface area contributed by atoms with Gasteiger partial charge in [-0.3, -0.25) is 0 Å². The van der Waals surface area contributed by atoms with Gasteiger partial charge in [0.15, 0.2) is 0 Å². The highest BCUT2D eigenvalue weighted by atomic mass is 32.2. The summed E-state index contributed by atoms with van der Waals surface area (Å²) >= 11 is 2.20. The van der Waals surface area contributed by atoms with E-state index in [-0.39, 0.29) is 0 Å². The van der Waals surface area contributed by atoms with Crippen LogP contribution < -0.4 is 5.32 Å². The van der Waals surface area contributed by atoms with Crippen molar-refractivity contribution >= 4 is 11.8 Å².